The number of piperidine rings is 1. The Balaban J connectivity index is 1.55. The number of aromatic nitrogens is 3. The Morgan fingerprint density at radius 3 is 2.63 bits per heavy atom. The highest BCUT2D eigenvalue weighted by atomic mass is 16.2. The molecule has 1 aromatic heterocycles. The zero-order valence-corrected chi connectivity index (χ0v) is 17.4. The number of hydrogen-bond acceptors (Lipinski definition) is 4. The normalized spacial score (nSPS) is 18.9. The lowest BCUT2D eigenvalue weighted by Crippen LogP contribution is -2.46. The fraction of sp³-hybridized carbons (Fsp3) is 0.333. The molecule has 2 aromatic carbocycles. The van der Waals surface area contributed by atoms with Gasteiger partial charge in [0.15, 0.2) is 5.78 Å². The number of benzene rings is 2. The fourth-order valence-electron chi connectivity index (χ4n) is 4.14. The van der Waals surface area contributed by atoms with Crippen LogP contribution in [0.3, 0.4) is 0 Å². The number of carbonyl (C=O) groups is 2. The van der Waals surface area contributed by atoms with Gasteiger partial charge in [-0.25, -0.2) is 9.67 Å². The molecule has 1 aliphatic rings. The summed E-state index contributed by atoms with van der Waals surface area (Å²) in [5.74, 6) is 0.285. The van der Waals surface area contributed by atoms with Gasteiger partial charge < -0.3 is 4.90 Å². The quantitative estimate of drug-likeness (QED) is 0.603. The Kier molecular flexibility index (Phi) is 5.74. The average Bonchev–Trinajstić information content (AvgIpc) is 3.30. The van der Waals surface area contributed by atoms with Crippen LogP contribution >= 0.6 is 0 Å². The summed E-state index contributed by atoms with van der Waals surface area (Å²) in [5, 5.41) is 4.20. The third-order valence-corrected chi connectivity index (χ3v) is 5.86. The smallest absolute Gasteiger partial charge is 0.256 e. The summed E-state index contributed by atoms with van der Waals surface area (Å²) < 4.78 is 1.62. The number of hydrogen-bond donors (Lipinski definition) is 0. The van der Waals surface area contributed by atoms with Crippen LogP contribution in [-0.4, -0.2) is 43.9 Å². The van der Waals surface area contributed by atoms with Crippen molar-refractivity contribution in [3.63, 3.8) is 0 Å². The van der Waals surface area contributed by atoms with Crippen LogP contribution in [-0.2, 0) is 0 Å². The van der Waals surface area contributed by atoms with Crippen molar-refractivity contribution in [2.75, 3.05) is 6.54 Å². The standard InChI is InChI=1S/C24H26N4O2/c1-17-8-11-22(28-16-25-15-26-28)21(12-17)24(30)27-14-19(10-9-18(27)2)13-23(29)20-6-4-3-5-7-20/h3-8,11-12,15-16,18-19H,9-10,13-14H2,1-2H3/t18-,19+/m0/s1. The first kappa shape index (κ1) is 20.0. The second kappa shape index (κ2) is 8.61. The van der Waals surface area contributed by atoms with Gasteiger partial charge in [-0.15, -0.1) is 0 Å². The Morgan fingerprint density at radius 2 is 1.90 bits per heavy atom. The van der Waals surface area contributed by atoms with Crippen LogP contribution in [0, 0.1) is 12.8 Å². The van der Waals surface area contributed by atoms with Crippen LogP contribution in [0.4, 0.5) is 0 Å². The second-order valence-corrected chi connectivity index (χ2v) is 8.10. The van der Waals surface area contributed by atoms with Gasteiger partial charge >= 0.3 is 0 Å². The summed E-state index contributed by atoms with van der Waals surface area (Å²) in [7, 11) is 0. The zero-order chi connectivity index (χ0) is 21.1. The van der Waals surface area contributed by atoms with Crippen molar-refractivity contribution in [1.82, 2.24) is 19.7 Å². The molecule has 2 heterocycles. The molecule has 2 atom stereocenters. The molecule has 3 aromatic rings. The van der Waals surface area contributed by atoms with Gasteiger partial charge in [0.05, 0.1) is 11.3 Å². The monoisotopic (exact) mass is 402 g/mol. The van der Waals surface area contributed by atoms with Crippen LogP contribution in [0.15, 0.2) is 61.2 Å². The molecule has 4 rings (SSSR count). The molecule has 30 heavy (non-hydrogen) atoms. The highest BCUT2D eigenvalue weighted by molar-refractivity contribution is 5.98. The van der Waals surface area contributed by atoms with E-state index in [-0.39, 0.29) is 23.7 Å². The van der Waals surface area contributed by atoms with E-state index in [0.717, 1.165) is 29.7 Å². The number of ketones is 1. The van der Waals surface area contributed by atoms with Crippen molar-refractivity contribution in [1.29, 1.82) is 0 Å². The van der Waals surface area contributed by atoms with Crippen LogP contribution in [0.5, 0.6) is 0 Å². The molecule has 1 saturated heterocycles. The first-order valence-electron chi connectivity index (χ1n) is 10.4. The minimum Gasteiger partial charge on any atom is -0.336 e. The predicted molar refractivity (Wildman–Crippen MR) is 115 cm³/mol. The molecule has 0 N–H and O–H groups in total. The van der Waals surface area contributed by atoms with E-state index in [1.807, 2.05) is 60.4 Å². The van der Waals surface area contributed by atoms with Crippen molar-refractivity contribution in [2.24, 2.45) is 5.92 Å². The summed E-state index contributed by atoms with van der Waals surface area (Å²) in [6.07, 6.45) is 5.37. The van der Waals surface area contributed by atoms with Crippen molar-refractivity contribution in [3.05, 3.63) is 77.9 Å². The van der Waals surface area contributed by atoms with E-state index >= 15 is 0 Å². The first-order chi connectivity index (χ1) is 14.5. The average molecular weight is 402 g/mol. The van der Waals surface area contributed by atoms with Crippen LogP contribution in [0.2, 0.25) is 0 Å². The molecule has 0 spiro atoms. The number of nitrogens with zero attached hydrogens (tertiary/aromatic N) is 4. The van der Waals surface area contributed by atoms with Crippen molar-refractivity contribution >= 4 is 11.7 Å². The summed E-state index contributed by atoms with van der Waals surface area (Å²) in [5.41, 5.74) is 3.09. The molecule has 1 fully saturated rings. The Bertz CT molecular complexity index is 1030. The topological polar surface area (TPSA) is 68.1 Å². The second-order valence-electron chi connectivity index (χ2n) is 8.10. The first-order valence-corrected chi connectivity index (χ1v) is 10.4. The summed E-state index contributed by atoms with van der Waals surface area (Å²) in [6.45, 7) is 4.64. The Hall–Kier alpha value is -3.28. The summed E-state index contributed by atoms with van der Waals surface area (Å²) in [4.78, 5) is 32.2. The SMILES string of the molecule is Cc1ccc(-n2cncn2)c(C(=O)N2C[C@@H](CC(=O)c3ccccc3)CC[C@@H]2C)c1. The molecule has 0 radical (unpaired) electrons. The maximum Gasteiger partial charge on any atom is 0.256 e. The summed E-state index contributed by atoms with van der Waals surface area (Å²) in [6, 6.07) is 15.3. The van der Waals surface area contributed by atoms with Gasteiger partial charge in [-0.3, -0.25) is 9.59 Å². The van der Waals surface area contributed by atoms with Crippen LogP contribution in [0.1, 0.15) is 52.5 Å². The van der Waals surface area contributed by atoms with E-state index in [1.165, 1.54) is 6.33 Å². The van der Waals surface area contributed by atoms with Crippen LogP contribution in [0.25, 0.3) is 5.69 Å². The van der Waals surface area contributed by atoms with Gasteiger partial charge in [-0.2, -0.15) is 5.10 Å². The lowest BCUT2D eigenvalue weighted by Gasteiger charge is -2.38. The number of aryl methyl sites for hydroxylation is 1. The predicted octanol–water partition coefficient (Wildman–Crippen LogP) is 4.09. The van der Waals surface area contributed by atoms with Gasteiger partial charge in [0, 0.05) is 24.6 Å². The molecular weight excluding hydrogens is 376 g/mol. The van der Waals surface area contributed by atoms with E-state index in [0.29, 0.717) is 18.5 Å². The van der Waals surface area contributed by atoms with Crippen molar-refractivity contribution in [2.45, 2.75) is 39.2 Å². The number of Topliss-reactive ketones (excluding diaryl/α,β-unsaturated/α-hetero) is 1. The minimum atomic E-state index is -0.0199. The Labute approximate surface area is 176 Å². The highest BCUT2D eigenvalue weighted by Crippen LogP contribution is 2.28. The molecule has 0 saturated carbocycles. The highest BCUT2D eigenvalue weighted by Gasteiger charge is 2.32. The van der Waals surface area contributed by atoms with E-state index < -0.39 is 0 Å². The van der Waals surface area contributed by atoms with Gasteiger partial charge in [0.1, 0.15) is 12.7 Å². The van der Waals surface area contributed by atoms with E-state index in [2.05, 4.69) is 17.0 Å². The molecule has 0 aliphatic carbocycles. The molecule has 1 aliphatic heterocycles. The van der Waals surface area contributed by atoms with Gasteiger partial charge in [0.2, 0.25) is 0 Å². The number of amides is 1. The lowest BCUT2D eigenvalue weighted by molar-refractivity contribution is 0.0539. The molecule has 0 unspecified atom stereocenters. The largest absolute Gasteiger partial charge is 0.336 e. The van der Waals surface area contributed by atoms with E-state index in [1.54, 1.807) is 11.0 Å². The van der Waals surface area contributed by atoms with E-state index in [4.69, 9.17) is 0 Å². The van der Waals surface area contributed by atoms with Gasteiger partial charge in [0.25, 0.3) is 5.91 Å². The maximum atomic E-state index is 13.6. The molecule has 1 amide bonds. The molecule has 0 bridgehead atoms. The third-order valence-electron chi connectivity index (χ3n) is 5.86. The summed E-state index contributed by atoms with van der Waals surface area (Å²) >= 11 is 0. The van der Waals surface area contributed by atoms with Crippen LogP contribution < -0.4 is 0 Å². The molecule has 6 heteroatoms. The van der Waals surface area contributed by atoms with Crippen molar-refractivity contribution in [3.8, 4) is 5.69 Å². The molecular formula is C24H26N4O2. The van der Waals surface area contributed by atoms with E-state index in [9.17, 15) is 9.59 Å². The minimum absolute atomic E-state index is 0.0199. The lowest BCUT2D eigenvalue weighted by atomic mass is 9.87. The zero-order valence-electron chi connectivity index (χ0n) is 17.4. The number of likely N-dealkylation sites (tertiary alicyclic amines) is 1. The van der Waals surface area contributed by atoms with Gasteiger partial charge in [-0.05, 0) is 44.7 Å². The molecule has 154 valence electrons. The molecule has 6 nitrogen and oxygen atoms in total. The fourth-order valence-corrected chi connectivity index (χ4v) is 4.14. The third kappa shape index (κ3) is 4.17. The maximum absolute atomic E-state index is 13.6. The van der Waals surface area contributed by atoms with Crippen molar-refractivity contribution < 1.29 is 9.59 Å². The Morgan fingerprint density at radius 1 is 1.10 bits per heavy atom. The number of carbonyl (C=O) groups excluding carboxylic acids is 2. The number of rotatable bonds is 5. The van der Waals surface area contributed by atoms with Gasteiger partial charge in [-0.1, -0.05) is 42.0 Å².